The van der Waals surface area contributed by atoms with Gasteiger partial charge in [-0.2, -0.15) is 0 Å². The second kappa shape index (κ2) is 4.70. The molecule has 0 saturated carbocycles. The van der Waals surface area contributed by atoms with Crippen LogP contribution in [0.5, 0.6) is 0 Å². The number of carbonyl (C=O) groups is 2. The third kappa shape index (κ3) is 3.70. The van der Waals surface area contributed by atoms with Gasteiger partial charge in [0.2, 0.25) is 0 Å². The summed E-state index contributed by atoms with van der Waals surface area (Å²) in [5, 5.41) is 0. The van der Waals surface area contributed by atoms with Crippen LogP contribution in [0.2, 0.25) is 0 Å². The lowest BCUT2D eigenvalue weighted by Crippen LogP contribution is -2.24. The number of hydrogen-bond acceptors (Lipinski definition) is 3. The van der Waals surface area contributed by atoms with E-state index in [2.05, 4.69) is 0 Å². The molecule has 0 unspecified atom stereocenters. The van der Waals surface area contributed by atoms with E-state index in [9.17, 15) is 9.59 Å². The number of ketones is 1. The van der Waals surface area contributed by atoms with E-state index in [-0.39, 0.29) is 11.8 Å². The Kier molecular flexibility index (Phi) is 3.71. The summed E-state index contributed by atoms with van der Waals surface area (Å²) >= 11 is 0. The largest absolute Gasteiger partial charge is 0.456 e. The van der Waals surface area contributed by atoms with E-state index in [1.54, 1.807) is 25.1 Å². The minimum atomic E-state index is -0.511. The van der Waals surface area contributed by atoms with Crippen molar-refractivity contribution >= 4 is 11.8 Å². The van der Waals surface area contributed by atoms with Gasteiger partial charge in [0.1, 0.15) is 5.60 Å². The van der Waals surface area contributed by atoms with E-state index in [1.165, 1.54) is 6.92 Å². The molecule has 1 aromatic carbocycles. The van der Waals surface area contributed by atoms with Gasteiger partial charge in [-0.05, 0) is 52.3 Å². The molecule has 0 N–H and O–H groups in total. The predicted molar refractivity (Wildman–Crippen MR) is 66.4 cm³/mol. The number of hydrogen-bond donors (Lipinski definition) is 0. The van der Waals surface area contributed by atoms with Gasteiger partial charge in [-0.15, -0.1) is 0 Å². The number of esters is 1. The maximum Gasteiger partial charge on any atom is 0.338 e. The molecule has 1 aromatic rings. The van der Waals surface area contributed by atoms with E-state index in [1.807, 2.05) is 20.8 Å². The molecular weight excluding hydrogens is 216 g/mol. The first-order chi connectivity index (χ1) is 7.70. The van der Waals surface area contributed by atoms with Gasteiger partial charge >= 0.3 is 5.97 Å². The third-order valence-corrected chi connectivity index (χ3v) is 2.25. The maximum atomic E-state index is 11.9. The topological polar surface area (TPSA) is 43.4 Å². The number of ether oxygens (including phenoxy) is 1. The van der Waals surface area contributed by atoms with Crippen molar-refractivity contribution in [2.75, 3.05) is 0 Å². The Balaban J connectivity index is 3.00. The summed E-state index contributed by atoms with van der Waals surface area (Å²) in [5.74, 6) is -0.367. The minimum absolute atomic E-state index is 0.0103. The average Bonchev–Trinajstić information content (AvgIpc) is 2.14. The fraction of sp³-hybridized carbons (Fsp3) is 0.429. The van der Waals surface area contributed by atoms with Gasteiger partial charge in [0.05, 0.1) is 5.56 Å². The Morgan fingerprint density at radius 1 is 1.18 bits per heavy atom. The van der Waals surface area contributed by atoms with Gasteiger partial charge in [-0.1, -0.05) is 6.07 Å². The molecule has 3 nitrogen and oxygen atoms in total. The van der Waals surface area contributed by atoms with Crippen LogP contribution in [0, 0.1) is 6.92 Å². The van der Waals surface area contributed by atoms with Crippen LogP contribution in [0.25, 0.3) is 0 Å². The monoisotopic (exact) mass is 234 g/mol. The fourth-order valence-electron chi connectivity index (χ4n) is 1.44. The number of carbonyl (C=O) groups excluding carboxylic acids is 2. The highest BCUT2D eigenvalue weighted by Gasteiger charge is 2.19. The quantitative estimate of drug-likeness (QED) is 0.583. The maximum absolute atomic E-state index is 11.9. The molecule has 0 heterocycles. The molecule has 0 bridgehead atoms. The molecule has 92 valence electrons. The van der Waals surface area contributed by atoms with Gasteiger partial charge in [-0.3, -0.25) is 4.79 Å². The predicted octanol–water partition coefficient (Wildman–Crippen LogP) is 3.15. The molecule has 17 heavy (non-hydrogen) atoms. The highest BCUT2D eigenvalue weighted by atomic mass is 16.6. The number of rotatable bonds is 2. The lowest BCUT2D eigenvalue weighted by Gasteiger charge is -2.20. The molecular formula is C14H18O3. The normalized spacial score (nSPS) is 11.1. The lowest BCUT2D eigenvalue weighted by atomic mass is 10.0. The average molecular weight is 234 g/mol. The second-order valence-electron chi connectivity index (χ2n) is 5.09. The van der Waals surface area contributed by atoms with Gasteiger partial charge in [-0.25, -0.2) is 4.79 Å². The van der Waals surface area contributed by atoms with Crippen LogP contribution >= 0.6 is 0 Å². The zero-order chi connectivity index (χ0) is 13.2. The summed E-state index contributed by atoms with van der Waals surface area (Å²) in [6, 6.07) is 5.00. The molecule has 0 aliphatic carbocycles. The second-order valence-corrected chi connectivity index (χ2v) is 5.09. The molecule has 0 amide bonds. The standard InChI is InChI=1S/C14H18O3/c1-9-8-11(10(2)15)6-7-12(9)13(16)17-14(3,4)5/h6-8H,1-5H3. The van der Waals surface area contributed by atoms with Crippen LogP contribution in [0.1, 0.15) is 54.0 Å². The Morgan fingerprint density at radius 2 is 1.76 bits per heavy atom. The van der Waals surface area contributed by atoms with Crippen molar-refractivity contribution < 1.29 is 14.3 Å². The van der Waals surface area contributed by atoms with E-state index in [0.717, 1.165) is 5.56 Å². The summed E-state index contributed by atoms with van der Waals surface area (Å²) < 4.78 is 5.28. The summed E-state index contributed by atoms with van der Waals surface area (Å²) in [6.45, 7) is 8.77. The Bertz CT molecular complexity index is 453. The van der Waals surface area contributed by atoms with E-state index >= 15 is 0 Å². The van der Waals surface area contributed by atoms with E-state index in [0.29, 0.717) is 11.1 Å². The molecule has 0 spiro atoms. The Hall–Kier alpha value is -1.64. The van der Waals surface area contributed by atoms with Crippen LogP contribution in [0.15, 0.2) is 18.2 Å². The Morgan fingerprint density at radius 3 is 2.18 bits per heavy atom. The Labute approximate surface area is 102 Å². The number of aryl methyl sites for hydroxylation is 1. The summed E-state index contributed by atoms with van der Waals surface area (Å²) in [4.78, 5) is 23.0. The lowest BCUT2D eigenvalue weighted by molar-refractivity contribution is 0.00686. The SMILES string of the molecule is CC(=O)c1ccc(C(=O)OC(C)(C)C)c(C)c1. The van der Waals surface area contributed by atoms with Crippen molar-refractivity contribution in [1.29, 1.82) is 0 Å². The minimum Gasteiger partial charge on any atom is -0.456 e. The first kappa shape index (κ1) is 13.4. The van der Waals surface area contributed by atoms with Crippen molar-refractivity contribution in [3.05, 3.63) is 34.9 Å². The summed E-state index contributed by atoms with van der Waals surface area (Å²) in [5.41, 5.74) is 1.36. The van der Waals surface area contributed by atoms with Crippen LogP contribution < -0.4 is 0 Å². The molecule has 0 fully saturated rings. The van der Waals surface area contributed by atoms with E-state index < -0.39 is 5.60 Å². The van der Waals surface area contributed by atoms with Crippen LogP contribution in [0.3, 0.4) is 0 Å². The van der Waals surface area contributed by atoms with Gasteiger partial charge < -0.3 is 4.74 Å². The first-order valence-electron chi connectivity index (χ1n) is 5.55. The molecule has 0 aromatic heterocycles. The van der Waals surface area contributed by atoms with Gasteiger partial charge in [0, 0.05) is 5.56 Å². The molecule has 0 saturated heterocycles. The number of benzene rings is 1. The van der Waals surface area contributed by atoms with Crippen molar-refractivity contribution in [3.63, 3.8) is 0 Å². The van der Waals surface area contributed by atoms with Crippen LogP contribution in [0.4, 0.5) is 0 Å². The summed E-state index contributed by atoms with van der Waals surface area (Å²) in [6.07, 6.45) is 0. The van der Waals surface area contributed by atoms with Crippen molar-refractivity contribution in [1.82, 2.24) is 0 Å². The zero-order valence-corrected chi connectivity index (χ0v) is 11.0. The van der Waals surface area contributed by atoms with Crippen molar-refractivity contribution in [2.45, 2.75) is 40.2 Å². The molecule has 0 aliphatic rings. The first-order valence-corrected chi connectivity index (χ1v) is 5.55. The van der Waals surface area contributed by atoms with Gasteiger partial charge in [0.25, 0.3) is 0 Å². The molecule has 1 rings (SSSR count). The zero-order valence-electron chi connectivity index (χ0n) is 11.0. The molecule has 0 aliphatic heterocycles. The molecule has 0 radical (unpaired) electrons. The highest BCUT2D eigenvalue weighted by molar-refractivity contribution is 5.97. The highest BCUT2D eigenvalue weighted by Crippen LogP contribution is 2.16. The van der Waals surface area contributed by atoms with Crippen LogP contribution in [-0.2, 0) is 4.74 Å². The molecule has 3 heteroatoms. The van der Waals surface area contributed by atoms with Gasteiger partial charge in [0.15, 0.2) is 5.78 Å². The third-order valence-electron chi connectivity index (χ3n) is 2.25. The fourth-order valence-corrected chi connectivity index (χ4v) is 1.44. The summed E-state index contributed by atoms with van der Waals surface area (Å²) in [7, 11) is 0. The van der Waals surface area contributed by atoms with Crippen molar-refractivity contribution in [2.24, 2.45) is 0 Å². The number of Topliss-reactive ketones (excluding diaryl/α,β-unsaturated/α-hetero) is 1. The van der Waals surface area contributed by atoms with E-state index in [4.69, 9.17) is 4.74 Å². The van der Waals surface area contributed by atoms with Crippen LogP contribution in [-0.4, -0.2) is 17.4 Å². The molecule has 0 atom stereocenters. The van der Waals surface area contributed by atoms with Crippen molar-refractivity contribution in [3.8, 4) is 0 Å². The smallest absolute Gasteiger partial charge is 0.338 e.